The van der Waals surface area contributed by atoms with Crippen LogP contribution in [0.2, 0.25) is 5.02 Å². The van der Waals surface area contributed by atoms with E-state index in [-0.39, 0.29) is 22.4 Å². The van der Waals surface area contributed by atoms with E-state index < -0.39 is 11.9 Å². The normalized spacial score (nSPS) is 20.8. The van der Waals surface area contributed by atoms with Crippen LogP contribution in [-0.2, 0) is 9.53 Å². The molecule has 4 nitrogen and oxygen atoms in total. The highest BCUT2D eigenvalue weighted by molar-refractivity contribution is 6.30. The summed E-state index contributed by atoms with van der Waals surface area (Å²) in [7, 11) is 0. The second-order valence-electron chi connectivity index (χ2n) is 6.66. The van der Waals surface area contributed by atoms with Crippen molar-refractivity contribution in [2.45, 2.75) is 32.9 Å². The Morgan fingerprint density at radius 3 is 2.77 bits per heavy atom. The summed E-state index contributed by atoms with van der Waals surface area (Å²) in [6, 6.07) is 3.91. The third-order valence-corrected chi connectivity index (χ3v) is 4.18. The van der Waals surface area contributed by atoms with Gasteiger partial charge in [0.2, 0.25) is 5.91 Å². The van der Waals surface area contributed by atoms with Crippen LogP contribution in [-0.4, -0.2) is 36.5 Å². The Morgan fingerprint density at radius 2 is 2.18 bits per heavy atom. The Morgan fingerprint density at radius 1 is 1.50 bits per heavy atom. The molecule has 1 fully saturated rings. The van der Waals surface area contributed by atoms with Crippen molar-refractivity contribution in [2.24, 2.45) is 11.1 Å². The highest BCUT2D eigenvalue weighted by Gasteiger charge is 2.34. The lowest BCUT2D eigenvalue weighted by Gasteiger charge is -2.37. The van der Waals surface area contributed by atoms with Crippen LogP contribution >= 0.6 is 11.6 Å². The van der Waals surface area contributed by atoms with Crippen LogP contribution < -0.4 is 5.73 Å². The fraction of sp³-hybridized carbons (Fsp3) is 0.562. The Kier molecular flexibility index (Phi) is 5.10. The molecule has 0 aliphatic carbocycles. The highest BCUT2D eigenvalue weighted by atomic mass is 35.5. The first-order valence-electron chi connectivity index (χ1n) is 7.31. The zero-order valence-corrected chi connectivity index (χ0v) is 13.9. The monoisotopic (exact) mass is 328 g/mol. The number of hydrogen-bond donors (Lipinski definition) is 1. The molecule has 1 saturated heterocycles. The summed E-state index contributed by atoms with van der Waals surface area (Å²) in [6.45, 7) is 7.13. The number of carbonyl (C=O) groups excluding carboxylic acids is 1. The molecule has 1 aromatic rings. The maximum atomic E-state index is 13.3. The second-order valence-corrected chi connectivity index (χ2v) is 7.07. The molecule has 122 valence electrons. The quantitative estimate of drug-likeness (QED) is 0.908. The zero-order chi connectivity index (χ0) is 16.5. The van der Waals surface area contributed by atoms with Gasteiger partial charge in [-0.25, -0.2) is 4.39 Å². The maximum Gasteiger partial charge on any atom is 0.240 e. The third-order valence-electron chi connectivity index (χ3n) is 3.89. The number of halogens is 2. The van der Waals surface area contributed by atoms with Crippen molar-refractivity contribution in [3.05, 3.63) is 34.6 Å². The largest absolute Gasteiger partial charge is 0.370 e. The lowest BCUT2D eigenvalue weighted by atomic mass is 9.86. The number of ether oxygens (including phenoxy) is 1. The van der Waals surface area contributed by atoms with Gasteiger partial charge in [-0.05, 0) is 23.1 Å². The molecule has 0 aromatic heterocycles. The number of hydrogen-bond acceptors (Lipinski definition) is 3. The first-order valence-corrected chi connectivity index (χ1v) is 7.69. The Hall–Kier alpha value is -1.17. The van der Waals surface area contributed by atoms with Gasteiger partial charge in [0.1, 0.15) is 11.9 Å². The first kappa shape index (κ1) is 17.2. The van der Waals surface area contributed by atoms with Crippen LogP contribution in [0.4, 0.5) is 4.39 Å². The minimum atomic E-state index is -0.567. The van der Waals surface area contributed by atoms with E-state index in [9.17, 15) is 9.18 Å². The van der Waals surface area contributed by atoms with Crippen LogP contribution in [0.15, 0.2) is 18.2 Å². The molecular weight excluding hydrogens is 307 g/mol. The van der Waals surface area contributed by atoms with Crippen molar-refractivity contribution in [1.29, 1.82) is 0 Å². The average molecular weight is 329 g/mol. The Balaban J connectivity index is 2.11. The SMILES string of the molecule is CC(C)(C)[C@H](N)C(=O)N1CCOC(c2ccc(F)c(Cl)c2)C1. The van der Waals surface area contributed by atoms with Crippen LogP contribution in [0.3, 0.4) is 0 Å². The molecule has 0 saturated carbocycles. The van der Waals surface area contributed by atoms with Crippen LogP contribution in [0.25, 0.3) is 0 Å². The minimum Gasteiger partial charge on any atom is -0.370 e. The maximum absolute atomic E-state index is 13.3. The Bertz CT molecular complexity index is 560. The summed E-state index contributed by atoms with van der Waals surface area (Å²) < 4.78 is 18.9. The molecule has 2 rings (SSSR count). The van der Waals surface area contributed by atoms with E-state index in [1.54, 1.807) is 17.0 Å². The molecule has 1 amide bonds. The van der Waals surface area contributed by atoms with Crippen LogP contribution in [0.5, 0.6) is 0 Å². The van der Waals surface area contributed by atoms with Crippen molar-refractivity contribution in [2.75, 3.05) is 19.7 Å². The predicted molar refractivity (Wildman–Crippen MR) is 84.1 cm³/mol. The van der Waals surface area contributed by atoms with E-state index in [4.69, 9.17) is 22.1 Å². The molecule has 1 aromatic carbocycles. The van der Waals surface area contributed by atoms with Gasteiger partial charge < -0.3 is 15.4 Å². The minimum absolute atomic E-state index is 0.0518. The van der Waals surface area contributed by atoms with Crippen molar-refractivity contribution >= 4 is 17.5 Å². The van der Waals surface area contributed by atoms with E-state index >= 15 is 0 Å². The van der Waals surface area contributed by atoms with Gasteiger partial charge in [-0.15, -0.1) is 0 Å². The smallest absolute Gasteiger partial charge is 0.240 e. The molecule has 2 atom stereocenters. The molecular formula is C16H22ClFN2O2. The molecule has 0 spiro atoms. The van der Waals surface area contributed by atoms with Gasteiger partial charge in [0.15, 0.2) is 0 Å². The number of nitrogens with two attached hydrogens (primary N) is 1. The fourth-order valence-electron chi connectivity index (χ4n) is 2.33. The topological polar surface area (TPSA) is 55.6 Å². The van der Waals surface area contributed by atoms with E-state index in [1.165, 1.54) is 6.07 Å². The molecule has 22 heavy (non-hydrogen) atoms. The summed E-state index contributed by atoms with van der Waals surface area (Å²) in [6.07, 6.45) is -0.317. The van der Waals surface area contributed by atoms with Gasteiger partial charge in [-0.1, -0.05) is 38.4 Å². The summed E-state index contributed by atoms with van der Waals surface area (Å²) in [4.78, 5) is 14.2. The summed E-state index contributed by atoms with van der Waals surface area (Å²) in [5, 5.41) is 0.0518. The molecule has 1 aliphatic rings. The first-order chi connectivity index (χ1) is 10.2. The lowest BCUT2D eigenvalue weighted by Crippen LogP contribution is -2.53. The molecule has 1 heterocycles. The lowest BCUT2D eigenvalue weighted by molar-refractivity contribution is -0.142. The van der Waals surface area contributed by atoms with Crippen LogP contribution in [0.1, 0.15) is 32.4 Å². The number of morpholine rings is 1. The van der Waals surface area contributed by atoms with Gasteiger partial charge in [-0.2, -0.15) is 0 Å². The average Bonchev–Trinajstić information content (AvgIpc) is 2.47. The highest BCUT2D eigenvalue weighted by Crippen LogP contribution is 2.27. The van der Waals surface area contributed by atoms with E-state index in [2.05, 4.69) is 0 Å². The van der Waals surface area contributed by atoms with Gasteiger partial charge in [0.05, 0.1) is 24.2 Å². The van der Waals surface area contributed by atoms with Gasteiger partial charge >= 0.3 is 0 Å². The Labute approximate surface area is 135 Å². The molecule has 0 radical (unpaired) electrons. The third kappa shape index (κ3) is 3.77. The second kappa shape index (κ2) is 6.52. The van der Waals surface area contributed by atoms with Crippen molar-refractivity contribution < 1.29 is 13.9 Å². The number of rotatable bonds is 2. The summed E-state index contributed by atoms with van der Waals surface area (Å²) in [5.74, 6) is -0.557. The van der Waals surface area contributed by atoms with Crippen LogP contribution in [0, 0.1) is 11.2 Å². The predicted octanol–water partition coefficient (Wildman–Crippen LogP) is 2.75. The fourth-order valence-corrected chi connectivity index (χ4v) is 2.52. The molecule has 0 bridgehead atoms. The molecule has 1 aliphatic heterocycles. The number of amides is 1. The summed E-state index contributed by atoms with van der Waals surface area (Å²) >= 11 is 5.81. The number of nitrogens with zero attached hydrogens (tertiary/aromatic N) is 1. The van der Waals surface area contributed by atoms with Gasteiger partial charge in [0, 0.05) is 6.54 Å². The standard InChI is InChI=1S/C16H22ClFN2O2/c1-16(2,3)14(19)15(21)20-6-7-22-13(9-20)10-4-5-12(18)11(17)8-10/h4-5,8,13-14H,6-7,9,19H2,1-3H3/t13?,14-/m1/s1. The van der Waals surface area contributed by atoms with E-state index in [1.807, 2.05) is 20.8 Å². The zero-order valence-electron chi connectivity index (χ0n) is 13.1. The molecule has 1 unspecified atom stereocenters. The van der Waals surface area contributed by atoms with Crippen molar-refractivity contribution in [3.8, 4) is 0 Å². The number of benzene rings is 1. The molecule has 6 heteroatoms. The van der Waals surface area contributed by atoms with E-state index in [0.29, 0.717) is 19.7 Å². The number of carbonyl (C=O) groups is 1. The van der Waals surface area contributed by atoms with Crippen molar-refractivity contribution in [1.82, 2.24) is 4.90 Å². The summed E-state index contributed by atoms with van der Waals surface area (Å²) in [5.41, 5.74) is 6.51. The van der Waals surface area contributed by atoms with Gasteiger partial charge in [-0.3, -0.25) is 4.79 Å². The van der Waals surface area contributed by atoms with Crippen molar-refractivity contribution in [3.63, 3.8) is 0 Å². The molecule has 2 N–H and O–H groups in total. The van der Waals surface area contributed by atoms with Gasteiger partial charge in [0.25, 0.3) is 0 Å². The van der Waals surface area contributed by atoms with E-state index in [0.717, 1.165) is 5.56 Å².